The standard InChI is InChI=1S/C10H9N5OS/c11-1-3-14(4-2-12)9-8(7-16)15-5-6-17-10(15)13-9/h5-6,16H,3-4,7H2. The van der Waals surface area contributed by atoms with Gasteiger partial charge in [-0.15, -0.1) is 11.3 Å². The van der Waals surface area contributed by atoms with Gasteiger partial charge in [0.15, 0.2) is 10.8 Å². The van der Waals surface area contributed by atoms with E-state index in [1.807, 2.05) is 17.5 Å². The fourth-order valence-corrected chi connectivity index (χ4v) is 2.33. The molecule has 0 spiro atoms. The lowest BCUT2D eigenvalue weighted by Crippen LogP contribution is -2.25. The first kappa shape index (κ1) is 11.4. The Morgan fingerprint density at radius 1 is 1.41 bits per heavy atom. The molecule has 0 aromatic carbocycles. The fourth-order valence-electron chi connectivity index (χ4n) is 1.60. The van der Waals surface area contributed by atoms with E-state index in [9.17, 15) is 5.11 Å². The fraction of sp³-hybridized carbons (Fsp3) is 0.300. The summed E-state index contributed by atoms with van der Waals surface area (Å²) in [7, 11) is 0. The molecule has 86 valence electrons. The van der Waals surface area contributed by atoms with Crippen LogP contribution in [0.3, 0.4) is 0 Å². The number of fused-ring (bicyclic) bond motifs is 1. The number of nitrogens with zero attached hydrogens (tertiary/aromatic N) is 5. The summed E-state index contributed by atoms with van der Waals surface area (Å²) in [6.07, 6.45) is 1.80. The Kier molecular flexibility index (Phi) is 3.24. The number of thiazole rings is 1. The molecule has 6 nitrogen and oxygen atoms in total. The molecule has 0 amide bonds. The van der Waals surface area contributed by atoms with Gasteiger partial charge in [0.05, 0.1) is 24.4 Å². The van der Waals surface area contributed by atoms with Gasteiger partial charge in [-0.1, -0.05) is 0 Å². The maximum Gasteiger partial charge on any atom is 0.195 e. The highest BCUT2D eigenvalue weighted by Crippen LogP contribution is 2.24. The zero-order valence-electron chi connectivity index (χ0n) is 8.87. The molecule has 0 atom stereocenters. The van der Waals surface area contributed by atoms with Crippen LogP contribution >= 0.6 is 11.3 Å². The average molecular weight is 247 g/mol. The molecule has 0 aliphatic rings. The first-order valence-electron chi connectivity index (χ1n) is 4.86. The number of hydrogen-bond acceptors (Lipinski definition) is 6. The molecule has 7 heteroatoms. The smallest absolute Gasteiger partial charge is 0.195 e. The first-order chi connectivity index (χ1) is 8.31. The van der Waals surface area contributed by atoms with Crippen molar-refractivity contribution in [2.75, 3.05) is 18.0 Å². The molecule has 2 aromatic rings. The molecule has 0 unspecified atom stereocenters. The van der Waals surface area contributed by atoms with Crippen molar-refractivity contribution in [1.29, 1.82) is 10.5 Å². The lowest BCUT2D eigenvalue weighted by Gasteiger charge is -2.16. The van der Waals surface area contributed by atoms with Crippen LogP contribution in [0.1, 0.15) is 5.69 Å². The van der Waals surface area contributed by atoms with Crippen LogP contribution in [0.2, 0.25) is 0 Å². The monoisotopic (exact) mass is 247 g/mol. The molecule has 0 aliphatic heterocycles. The Balaban J connectivity index is 2.49. The van der Waals surface area contributed by atoms with Gasteiger partial charge < -0.3 is 10.0 Å². The highest BCUT2D eigenvalue weighted by Gasteiger charge is 2.17. The molecule has 0 saturated carbocycles. The predicted octanol–water partition coefficient (Wildman–Crippen LogP) is 0.742. The molecule has 0 bridgehead atoms. The summed E-state index contributed by atoms with van der Waals surface area (Å²) in [6, 6.07) is 3.97. The summed E-state index contributed by atoms with van der Waals surface area (Å²) in [5.41, 5.74) is 0.603. The third-order valence-electron chi connectivity index (χ3n) is 2.31. The van der Waals surface area contributed by atoms with Crippen molar-refractivity contribution >= 4 is 22.1 Å². The van der Waals surface area contributed by atoms with Gasteiger partial charge in [-0.05, 0) is 0 Å². The van der Waals surface area contributed by atoms with E-state index in [2.05, 4.69) is 4.98 Å². The average Bonchev–Trinajstić information content (AvgIpc) is 2.87. The number of aliphatic hydroxyl groups is 1. The van der Waals surface area contributed by atoms with Gasteiger partial charge in [0.2, 0.25) is 0 Å². The van der Waals surface area contributed by atoms with Crippen LogP contribution in [0.5, 0.6) is 0 Å². The van der Waals surface area contributed by atoms with Gasteiger partial charge in [0, 0.05) is 11.6 Å². The molecular weight excluding hydrogens is 238 g/mol. The minimum atomic E-state index is -0.180. The summed E-state index contributed by atoms with van der Waals surface area (Å²) in [4.78, 5) is 6.61. The maximum absolute atomic E-state index is 9.36. The minimum Gasteiger partial charge on any atom is -0.390 e. The summed E-state index contributed by atoms with van der Waals surface area (Å²) in [5.74, 6) is 0.502. The lowest BCUT2D eigenvalue weighted by molar-refractivity contribution is 0.276. The summed E-state index contributed by atoms with van der Waals surface area (Å²) in [5, 5.41) is 28.7. The van der Waals surface area contributed by atoms with E-state index >= 15 is 0 Å². The summed E-state index contributed by atoms with van der Waals surface area (Å²) in [6.45, 7) is -0.0304. The molecule has 0 fully saturated rings. The Morgan fingerprint density at radius 3 is 2.71 bits per heavy atom. The molecule has 0 saturated heterocycles. The molecule has 2 rings (SSSR count). The van der Waals surface area contributed by atoms with Gasteiger partial charge in [-0.3, -0.25) is 4.40 Å². The Labute approximate surface area is 102 Å². The molecular formula is C10H9N5OS. The van der Waals surface area contributed by atoms with Crippen molar-refractivity contribution in [2.45, 2.75) is 6.61 Å². The molecule has 0 radical (unpaired) electrons. The van der Waals surface area contributed by atoms with E-state index < -0.39 is 0 Å². The van der Waals surface area contributed by atoms with E-state index in [0.717, 1.165) is 4.96 Å². The SMILES string of the molecule is N#CCN(CC#N)c1nc2sccn2c1CO. The van der Waals surface area contributed by atoms with Gasteiger partial charge in [0.25, 0.3) is 0 Å². The normalized spacial score (nSPS) is 10.1. The third-order valence-corrected chi connectivity index (χ3v) is 3.07. The quantitative estimate of drug-likeness (QED) is 0.805. The Morgan fingerprint density at radius 2 is 2.12 bits per heavy atom. The van der Waals surface area contributed by atoms with Gasteiger partial charge >= 0.3 is 0 Å². The van der Waals surface area contributed by atoms with Crippen molar-refractivity contribution < 1.29 is 5.11 Å². The minimum absolute atomic E-state index is 0.0748. The van der Waals surface area contributed by atoms with Crippen LogP contribution in [0.4, 0.5) is 5.82 Å². The highest BCUT2D eigenvalue weighted by atomic mass is 32.1. The predicted molar refractivity (Wildman–Crippen MR) is 62.4 cm³/mol. The number of nitriles is 2. The van der Waals surface area contributed by atoms with Crippen LogP contribution in [-0.2, 0) is 6.61 Å². The van der Waals surface area contributed by atoms with E-state index in [1.165, 1.54) is 11.3 Å². The topological polar surface area (TPSA) is 88.4 Å². The van der Waals surface area contributed by atoms with Crippen molar-refractivity contribution in [1.82, 2.24) is 9.38 Å². The zero-order valence-corrected chi connectivity index (χ0v) is 9.68. The number of aliphatic hydroxyl groups excluding tert-OH is 1. The van der Waals surface area contributed by atoms with E-state index in [-0.39, 0.29) is 19.7 Å². The molecule has 1 N–H and O–H groups in total. The van der Waals surface area contributed by atoms with Crippen molar-refractivity contribution in [3.63, 3.8) is 0 Å². The van der Waals surface area contributed by atoms with E-state index in [4.69, 9.17) is 10.5 Å². The lowest BCUT2D eigenvalue weighted by atomic mass is 10.4. The zero-order chi connectivity index (χ0) is 12.3. The first-order valence-corrected chi connectivity index (χ1v) is 5.74. The van der Waals surface area contributed by atoms with Gasteiger partial charge in [-0.25, -0.2) is 4.98 Å². The van der Waals surface area contributed by atoms with Crippen LogP contribution in [0.15, 0.2) is 11.6 Å². The van der Waals surface area contributed by atoms with Crippen LogP contribution in [0, 0.1) is 22.7 Å². The van der Waals surface area contributed by atoms with Gasteiger partial charge in [-0.2, -0.15) is 10.5 Å². The molecule has 2 aromatic heterocycles. The van der Waals surface area contributed by atoms with Crippen LogP contribution < -0.4 is 4.90 Å². The molecule has 2 heterocycles. The number of rotatable bonds is 4. The van der Waals surface area contributed by atoms with Crippen molar-refractivity contribution in [2.24, 2.45) is 0 Å². The Bertz CT molecular complexity index is 586. The number of imidazole rings is 1. The highest BCUT2D eigenvalue weighted by molar-refractivity contribution is 7.15. The third kappa shape index (κ3) is 1.94. The number of aromatic nitrogens is 2. The van der Waals surface area contributed by atoms with Crippen LogP contribution in [-0.4, -0.2) is 27.6 Å². The second-order valence-electron chi connectivity index (χ2n) is 3.27. The molecule has 0 aliphatic carbocycles. The molecule has 17 heavy (non-hydrogen) atoms. The second-order valence-corrected chi connectivity index (χ2v) is 4.14. The maximum atomic E-state index is 9.36. The summed E-state index contributed by atoms with van der Waals surface area (Å²) >= 11 is 1.44. The number of anilines is 1. The van der Waals surface area contributed by atoms with Crippen molar-refractivity contribution in [3.8, 4) is 12.1 Å². The Hall–Kier alpha value is -2.09. The van der Waals surface area contributed by atoms with E-state index in [1.54, 1.807) is 15.5 Å². The summed E-state index contributed by atoms with van der Waals surface area (Å²) < 4.78 is 1.77. The van der Waals surface area contributed by atoms with E-state index in [0.29, 0.717) is 11.5 Å². The second kappa shape index (κ2) is 4.83. The number of hydrogen-bond donors (Lipinski definition) is 1. The van der Waals surface area contributed by atoms with Crippen LogP contribution in [0.25, 0.3) is 4.96 Å². The van der Waals surface area contributed by atoms with Crippen molar-refractivity contribution in [3.05, 3.63) is 17.3 Å². The largest absolute Gasteiger partial charge is 0.390 e. The van der Waals surface area contributed by atoms with Gasteiger partial charge in [0.1, 0.15) is 13.1 Å².